The molecule has 1 aromatic rings. The Labute approximate surface area is 89.6 Å². The van der Waals surface area contributed by atoms with Gasteiger partial charge in [-0.2, -0.15) is 5.10 Å². The Morgan fingerprint density at radius 3 is 2.93 bits per heavy atom. The van der Waals surface area contributed by atoms with Gasteiger partial charge < -0.3 is 11.1 Å². The Hall–Kier alpha value is -1.36. The van der Waals surface area contributed by atoms with E-state index in [2.05, 4.69) is 17.3 Å². The summed E-state index contributed by atoms with van der Waals surface area (Å²) < 4.78 is 1.60. The summed E-state index contributed by atoms with van der Waals surface area (Å²) in [6.07, 6.45) is 3.64. The second-order valence-electron chi connectivity index (χ2n) is 3.57. The van der Waals surface area contributed by atoms with E-state index in [9.17, 15) is 4.79 Å². The molecule has 0 aromatic carbocycles. The molecule has 0 aliphatic carbocycles. The number of nitrogens with two attached hydrogens (primary N) is 1. The third-order valence-electron chi connectivity index (χ3n) is 2.20. The molecule has 0 bridgehead atoms. The molecule has 1 aromatic heterocycles. The lowest BCUT2D eigenvalue weighted by molar-refractivity contribution is 0.0930. The number of hydrogen-bond acceptors (Lipinski definition) is 3. The first kappa shape index (κ1) is 11.7. The van der Waals surface area contributed by atoms with Crippen LogP contribution in [0.25, 0.3) is 0 Å². The molecule has 0 fully saturated rings. The minimum Gasteiger partial charge on any atom is -0.347 e. The van der Waals surface area contributed by atoms with Crippen molar-refractivity contribution in [2.24, 2.45) is 12.8 Å². The van der Waals surface area contributed by atoms with Crippen molar-refractivity contribution >= 4 is 5.91 Å². The van der Waals surface area contributed by atoms with Crippen LogP contribution in [0.2, 0.25) is 0 Å². The van der Waals surface area contributed by atoms with Gasteiger partial charge in [0.25, 0.3) is 5.91 Å². The molecule has 0 aliphatic heterocycles. The van der Waals surface area contributed by atoms with Crippen molar-refractivity contribution < 1.29 is 4.79 Å². The van der Waals surface area contributed by atoms with Gasteiger partial charge in [0, 0.05) is 25.8 Å². The van der Waals surface area contributed by atoms with Crippen LogP contribution in [0.5, 0.6) is 0 Å². The highest BCUT2D eigenvalue weighted by Gasteiger charge is 2.13. The summed E-state index contributed by atoms with van der Waals surface area (Å²) >= 11 is 0. The normalized spacial score (nSPS) is 12.5. The summed E-state index contributed by atoms with van der Waals surface area (Å²) in [6, 6.07) is 1.74. The largest absolute Gasteiger partial charge is 0.347 e. The topological polar surface area (TPSA) is 72.9 Å². The van der Waals surface area contributed by atoms with E-state index in [1.807, 2.05) is 0 Å². The zero-order valence-electron chi connectivity index (χ0n) is 9.23. The van der Waals surface area contributed by atoms with E-state index in [-0.39, 0.29) is 11.9 Å². The molecule has 1 unspecified atom stereocenters. The molecule has 5 heteroatoms. The van der Waals surface area contributed by atoms with Crippen LogP contribution in [0.4, 0.5) is 0 Å². The monoisotopic (exact) mass is 210 g/mol. The fourth-order valence-electron chi connectivity index (χ4n) is 1.39. The summed E-state index contributed by atoms with van der Waals surface area (Å²) in [5.41, 5.74) is 5.99. The van der Waals surface area contributed by atoms with Crippen LogP contribution in [0.1, 0.15) is 30.3 Å². The van der Waals surface area contributed by atoms with Gasteiger partial charge in [0.05, 0.1) is 0 Å². The highest BCUT2D eigenvalue weighted by molar-refractivity contribution is 5.92. The van der Waals surface area contributed by atoms with E-state index >= 15 is 0 Å². The molecule has 0 spiro atoms. The summed E-state index contributed by atoms with van der Waals surface area (Å²) in [4.78, 5) is 11.7. The van der Waals surface area contributed by atoms with Gasteiger partial charge in [-0.3, -0.25) is 9.48 Å². The number of hydrogen-bond donors (Lipinski definition) is 2. The Balaban J connectivity index is 2.54. The number of rotatable bonds is 5. The molecule has 0 radical (unpaired) electrons. The molecule has 0 saturated carbocycles. The van der Waals surface area contributed by atoms with E-state index in [4.69, 9.17) is 5.73 Å². The summed E-state index contributed by atoms with van der Waals surface area (Å²) in [6.45, 7) is 2.53. The lowest BCUT2D eigenvalue weighted by Crippen LogP contribution is -2.40. The van der Waals surface area contributed by atoms with E-state index in [1.165, 1.54) is 0 Å². The smallest absolute Gasteiger partial charge is 0.272 e. The standard InChI is InChI=1S/C10H18N4O/c1-3-4-8(7-11)12-10(15)9-5-6-14(2)13-9/h5-6,8H,3-4,7,11H2,1-2H3,(H,12,15). The number of nitrogens with zero attached hydrogens (tertiary/aromatic N) is 2. The average Bonchev–Trinajstić information content (AvgIpc) is 2.64. The number of carbonyl (C=O) groups is 1. The summed E-state index contributed by atoms with van der Waals surface area (Å²) in [5.74, 6) is -0.153. The van der Waals surface area contributed by atoms with Crippen molar-refractivity contribution in [3.63, 3.8) is 0 Å². The summed E-state index contributed by atoms with van der Waals surface area (Å²) in [7, 11) is 1.78. The van der Waals surface area contributed by atoms with Crippen molar-refractivity contribution in [3.8, 4) is 0 Å². The van der Waals surface area contributed by atoms with Crippen LogP contribution in [0, 0.1) is 0 Å². The van der Waals surface area contributed by atoms with Crippen LogP contribution < -0.4 is 11.1 Å². The zero-order valence-corrected chi connectivity index (χ0v) is 9.23. The molecule has 3 N–H and O–H groups in total. The second kappa shape index (κ2) is 5.50. The van der Waals surface area contributed by atoms with Gasteiger partial charge in [-0.05, 0) is 12.5 Å². The molecule has 15 heavy (non-hydrogen) atoms. The van der Waals surface area contributed by atoms with Crippen LogP contribution in [-0.4, -0.2) is 28.3 Å². The Bertz CT molecular complexity index is 321. The fourth-order valence-corrected chi connectivity index (χ4v) is 1.39. The Kier molecular flexibility index (Phi) is 4.30. The van der Waals surface area contributed by atoms with E-state index < -0.39 is 0 Å². The number of aromatic nitrogens is 2. The van der Waals surface area contributed by atoms with Gasteiger partial charge in [0.1, 0.15) is 5.69 Å². The molecule has 0 saturated heterocycles. The van der Waals surface area contributed by atoms with Crippen molar-refractivity contribution in [2.75, 3.05) is 6.54 Å². The first-order valence-corrected chi connectivity index (χ1v) is 5.18. The zero-order chi connectivity index (χ0) is 11.3. The third-order valence-corrected chi connectivity index (χ3v) is 2.20. The molecule has 0 aliphatic rings. The fraction of sp³-hybridized carbons (Fsp3) is 0.600. The first-order chi connectivity index (χ1) is 7.17. The maximum Gasteiger partial charge on any atom is 0.272 e. The highest BCUT2D eigenvalue weighted by Crippen LogP contribution is 1.98. The van der Waals surface area contributed by atoms with E-state index in [1.54, 1.807) is 24.0 Å². The molecule has 1 rings (SSSR count). The van der Waals surface area contributed by atoms with Gasteiger partial charge >= 0.3 is 0 Å². The van der Waals surface area contributed by atoms with Gasteiger partial charge in [-0.15, -0.1) is 0 Å². The van der Waals surface area contributed by atoms with E-state index in [0.29, 0.717) is 12.2 Å². The first-order valence-electron chi connectivity index (χ1n) is 5.18. The maximum absolute atomic E-state index is 11.7. The maximum atomic E-state index is 11.7. The van der Waals surface area contributed by atoms with Gasteiger partial charge in [-0.1, -0.05) is 13.3 Å². The van der Waals surface area contributed by atoms with Gasteiger partial charge in [0.15, 0.2) is 0 Å². The number of carbonyl (C=O) groups excluding carboxylic acids is 1. The highest BCUT2D eigenvalue weighted by atomic mass is 16.2. The van der Waals surface area contributed by atoms with Crippen molar-refractivity contribution in [2.45, 2.75) is 25.8 Å². The SMILES string of the molecule is CCCC(CN)NC(=O)c1ccn(C)n1. The van der Waals surface area contributed by atoms with Crippen molar-refractivity contribution in [1.29, 1.82) is 0 Å². The predicted molar refractivity (Wildman–Crippen MR) is 58.4 cm³/mol. The average molecular weight is 210 g/mol. The summed E-state index contributed by atoms with van der Waals surface area (Å²) in [5, 5.41) is 6.88. The molecule has 1 atom stereocenters. The van der Waals surface area contributed by atoms with Gasteiger partial charge in [0.2, 0.25) is 0 Å². The minimum atomic E-state index is -0.153. The van der Waals surface area contributed by atoms with Crippen LogP contribution in [0.15, 0.2) is 12.3 Å². The lowest BCUT2D eigenvalue weighted by Gasteiger charge is -2.14. The number of amides is 1. The lowest BCUT2D eigenvalue weighted by atomic mass is 10.1. The number of nitrogens with one attached hydrogen (secondary N) is 1. The third kappa shape index (κ3) is 3.36. The number of aryl methyl sites for hydroxylation is 1. The van der Waals surface area contributed by atoms with Crippen LogP contribution in [-0.2, 0) is 7.05 Å². The van der Waals surface area contributed by atoms with Crippen LogP contribution >= 0.6 is 0 Å². The minimum absolute atomic E-state index is 0.0458. The molecular weight excluding hydrogens is 192 g/mol. The van der Waals surface area contributed by atoms with Crippen LogP contribution in [0.3, 0.4) is 0 Å². The van der Waals surface area contributed by atoms with E-state index in [0.717, 1.165) is 12.8 Å². The molecular formula is C10H18N4O. The Morgan fingerprint density at radius 2 is 2.47 bits per heavy atom. The molecule has 84 valence electrons. The molecule has 1 amide bonds. The van der Waals surface area contributed by atoms with Crippen molar-refractivity contribution in [3.05, 3.63) is 18.0 Å². The molecule has 5 nitrogen and oxygen atoms in total. The van der Waals surface area contributed by atoms with Crippen molar-refractivity contribution in [1.82, 2.24) is 15.1 Å². The predicted octanol–water partition coefficient (Wildman–Crippen LogP) is 0.277. The second-order valence-corrected chi connectivity index (χ2v) is 3.57. The Morgan fingerprint density at radius 1 is 1.73 bits per heavy atom. The van der Waals surface area contributed by atoms with Gasteiger partial charge in [-0.25, -0.2) is 0 Å². The quantitative estimate of drug-likeness (QED) is 0.733. The molecule has 1 heterocycles.